The van der Waals surface area contributed by atoms with Gasteiger partial charge in [0.2, 0.25) is 0 Å². The molecule has 2 rings (SSSR count). The lowest BCUT2D eigenvalue weighted by atomic mass is 10.1. The minimum absolute atomic E-state index is 0.742. The predicted molar refractivity (Wildman–Crippen MR) is 78.6 cm³/mol. The Hall–Kier alpha value is -1.58. The molecule has 1 aromatic heterocycles. The first-order chi connectivity index (χ1) is 9.26. The molecule has 1 aromatic carbocycles. The molecule has 0 aliphatic heterocycles. The van der Waals surface area contributed by atoms with Crippen LogP contribution in [0.1, 0.15) is 12.5 Å². The molecule has 1 N–H and O–H groups in total. The van der Waals surface area contributed by atoms with Gasteiger partial charge in [-0.1, -0.05) is 30.7 Å². The van der Waals surface area contributed by atoms with Gasteiger partial charge in [-0.3, -0.25) is 4.98 Å². The van der Waals surface area contributed by atoms with E-state index in [0.29, 0.717) is 0 Å². The van der Waals surface area contributed by atoms with Crippen molar-refractivity contribution >= 4 is 11.6 Å². The molecule has 0 aliphatic carbocycles. The Balaban J connectivity index is 2.33. The monoisotopic (exact) mass is 276 g/mol. The average Bonchev–Trinajstić information content (AvgIpc) is 2.46. The maximum atomic E-state index is 6.30. The van der Waals surface area contributed by atoms with Crippen molar-refractivity contribution in [3.8, 4) is 17.0 Å². The number of benzene rings is 1. The highest BCUT2D eigenvalue weighted by atomic mass is 35.5. The second-order valence-corrected chi connectivity index (χ2v) is 4.55. The number of hydrogen-bond acceptors (Lipinski definition) is 3. The standard InChI is InChI=1S/C15H17ClN2O/c1-3-17-10-12-7-6-11(9-13(12)16)15-14(19-2)5-4-8-18-15/h4-9,17H,3,10H2,1-2H3. The Labute approximate surface area is 118 Å². The molecular weight excluding hydrogens is 260 g/mol. The SMILES string of the molecule is CCNCc1ccc(-c2ncccc2OC)cc1Cl. The van der Waals surface area contributed by atoms with E-state index in [0.717, 1.165) is 40.7 Å². The van der Waals surface area contributed by atoms with Crippen LogP contribution in [0, 0.1) is 0 Å². The average molecular weight is 277 g/mol. The van der Waals surface area contributed by atoms with Crippen LogP contribution in [-0.2, 0) is 6.54 Å². The molecule has 0 saturated carbocycles. The molecule has 100 valence electrons. The van der Waals surface area contributed by atoms with Crippen LogP contribution in [0.3, 0.4) is 0 Å². The first kappa shape index (κ1) is 13.8. The van der Waals surface area contributed by atoms with E-state index in [-0.39, 0.29) is 0 Å². The van der Waals surface area contributed by atoms with Crippen molar-refractivity contribution < 1.29 is 4.74 Å². The van der Waals surface area contributed by atoms with Gasteiger partial charge in [0.15, 0.2) is 0 Å². The summed E-state index contributed by atoms with van der Waals surface area (Å²) in [7, 11) is 1.64. The van der Waals surface area contributed by atoms with Gasteiger partial charge in [0, 0.05) is 23.3 Å². The summed E-state index contributed by atoms with van der Waals surface area (Å²) in [6, 6.07) is 9.71. The molecule has 0 aliphatic rings. The van der Waals surface area contributed by atoms with Gasteiger partial charge in [-0.05, 0) is 30.3 Å². The minimum atomic E-state index is 0.742. The number of pyridine rings is 1. The lowest BCUT2D eigenvalue weighted by Crippen LogP contribution is -2.11. The van der Waals surface area contributed by atoms with Crippen LogP contribution in [0.25, 0.3) is 11.3 Å². The lowest BCUT2D eigenvalue weighted by Gasteiger charge is -2.10. The maximum absolute atomic E-state index is 6.30. The van der Waals surface area contributed by atoms with E-state index in [1.807, 2.05) is 30.3 Å². The third-order valence-corrected chi connectivity index (χ3v) is 3.23. The molecule has 0 amide bonds. The zero-order chi connectivity index (χ0) is 13.7. The molecule has 0 radical (unpaired) electrons. The molecule has 0 saturated heterocycles. The molecule has 0 spiro atoms. The Morgan fingerprint density at radius 1 is 1.32 bits per heavy atom. The van der Waals surface area contributed by atoms with Crippen molar-refractivity contribution in [1.82, 2.24) is 10.3 Å². The number of methoxy groups -OCH3 is 1. The van der Waals surface area contributed by atoms with Gasteiger partial charge in [-0.2, -0.15) is 0 Å². The molecule has 3 nitrogen and oxygen atoms in total. The molecule has 0 fully saturated rings. The molecule has 1 heterocycles. The van der Waals surface area contributed by atoms with Crippen LogP contribution < -0.4 is 10.1 Å². The summed E-state index contributed by atoms with van der Waals surface area (Å²) in [5.74, 6) is 0.748. The normalized spacial score (nSPS) is 10.5. The van der Waals surface area contributed by atoms with Gasteiger partial charge in [0.25, 0.3) is 0 Å². The van der Waals surface area contributed by atoms with Gasteiger partial charge in [0.05, 0.1) is 7.11 Å². The third-order valence-electron chi connectivity index (χ3n) is 2.88. The van der Waals surface area contributed by atoms with Crippen LogP contribution in [0.2, 0.25) is 5.02 Å². The van der Waals surface area contributed by atoms with Crippen LogP contribution in [0.5, 0.6) is 5.75 Å². The van der Waals surface area contributed by atoms with Crippen LogP contribution in [0.4, 0.5) is 0 Å². The Kier molecular flexibility index (Phi) is 4.77. The fourth-order valence-corrected chi connectivity index (χ4v) is 2.12. The topological polar surface area (TPSA) is 34.2 Å². The molecule has 0 atom stereocenters. The fraction of sp³-hybridized carbons (Fsp3) is 0.267. The first-order valence-electron chi connectivity index (χ1n) is 6.24. The Morgan fingerprint density at radius 3 is 2.84 bits per heavy atom. The summed E-state index contributed by atoms with van der Waals surface area (Å²) in [6.07, 6.45) is 1.75. The van der Waals surface area contributed by atoms with Gasteiger partial charge < -0.3 is 10.1 Å². The molecule has 19 heavy (non-hydrogen) atoms. The van der Waals surface area contributed by atoms with E-state index in [1.54, 1.807) is 13.3 Å². The van der Waals surface area contributed by atoms with Gasteiger partial charge >= 0.3 is 0 Å². The number of nitrogens with one attached hydrogen (secondary N) is 1. The number of hydrogen-bond donors (Lipinski definition) is 1. The summed E-state index contributed by atoms with van der Waals surface area (Å²) in [6.45, 7) is 3.77. The predicted octanol–water partition coefficient (Wildman–Crippen LogP) is 3.52. The van der Waals surface area contributed by atoms with Gasteiger partial charge in [-0.25, -0.2) is 0 Å². The van der Waals surface area contributed by atoms with Crippen molar-refractivity contribution in [3.63, 3.8) is 0 Å². The van der Waals surface area contributed by atoms with E-state index >= 15 is 0 Å². The van der Waals surface area contributed by atoms with Crippen molar-refractivity contribution in [1.29, 1.82) is 0 Å². The summed E-state index contributed by atoms with van der Waals surface area (Å²) in [4.78, 5) is 4.35. The number of rotatable bonds is 5. The summed E-state index contributed by atoms with van der Waals surface area (Å²) in [5, 5.41) is 4.00. The molecule has 2 aromatic rings. The molecule has 0 unspecified atom stereocenters. The highest BCUT2D eigenvalue weighted by molar-refractivity contribution is 6.31. The van der Waals surface area contributed by atoms with E-state index < -0.39 is 0 Å². The summed E-state index contributed by atoms with van der Waals surface area (Å²) < 4.78 is 5.32. The summed E-state index contributed by atoms with van der Waals surface area (Å²) in [5.41, 5.74) is 2.85. The highest BCUT2D eigenvalue weighted by Gasteiger charge is 2.09. The Morgan fingerprint density at radius 2 is 2.16 bits per heavy atom. The van der Waals surface area contributed by atoms with Crippen molar-refractivity contribution in [2.75, 3.05) is 13.7 Å². The summed E-state index contributed by atoms with van der Waals surface area (Å²) >= 11 is 6.30. The van der Waals surface area contributed by atoms with Crippen LogP contribution in [-0.4, -0.2) is 18.6 Å². The highest BCUT2D eigenvalue weighted by Crippen LogP contribution is 2.30. The van der Waals surface area contributed by atoms with Crippen molar-refractivity contribution in [3.05, 3.63) is 47.1 Å². The lowest BCUT2D eigenvalue weighted by molar-refractivity contribution is 0.415. The number of aromatic nitrogens is 1. The van der Waals surface area contributed by atoms with Crippen molar-refractivity contribution in [2.45, 2.75) is 13.5 Å². The fourth-order valence-electron chi connectivity index (χ4n) is 1.87. The zero-order valence-electron chi connectivity index (χ0n) is 11.1. The molecule has 0 bridgehead atoms. The minimum Gasteiger partial charge on any atom is -0.494 e. The van der Waals surface area contributed by atoms with Crippen molar-refractivity contribution in [2.24, 2.45) is 0 Å². The van der Waals surface area contributed by atoms with E-state index in [1.165, 1.54) is 0 Å². The first-order valence-corrected chi connectivity index (χ1v) is 6.62. The van der Waals surface area contributed by atoms with Crippen LogP contribution in [0.15, 0.2) is 36.5 Å². The quantitative estimate of drug-likeness (QED) is 0.907. The number of ether oxygens (including phenoxy) is 1. The smallest absolute Gasteiger partial charge is 0.145 e. The number of nitrogens with zero attached hydrogens (tertiary/aromatic N) is 1. The number of halogens is 1. The van der Waals surface area contributed by atoms with E-state index in [2.05, 4.69) is 17.2 Å². The van der Waals surface area contributed by atoms with E-state index in [9.17, 15) is 0 Å². The largest absolute Gasteiger partial charge is 0.494 e. The Bertz CT molecular complexity index is 558. The molecule has 4 heteroatoms. The van der Waals surface area contributed by atoms with Gasteiger partial charge in [-0.15, -0.1) is 0 Å². The maximum Gasteiger partial charge on any atom is 0.145 e. The third kappa shape index (κ3) is 3.25. The zero-order valence-corrected chi connectivity index (χ0v) is 11.9. The van der Waals surface area contributed by atoms with Crippen LogP contribution >= 0.6 is 11.6 Å². The van der Waals surface area contributed by atoms with Gasteiger partial charge in [0.1, 0.15) is 11.4 Å². The molecular formula is C15H17ClN2O. The second kappa shape index (κ2) is 6.55. The second-order valence-electron chi connectivity index (χ2n) is 4.14. The van der Waals surface area contributed by atoms with E-state index in [4.69, 9.17) is 16.3 Å².